The first-order chi connectivity index (χ1) is 9.65. The Hall–Kier alpha value is -1.50. The van der Waals surface area contributed by atoms with Gasteiger partial charge in [-0.15, -0.1) is 5.10 Å². The Kier molecular flexibility index (Phi) is 5.05. The lowest BCUT2D eigenvalue weighted by Gasteiger charge is -2.34. The molecule has 0 aromatic carbocycles. The van der Waals surface area contributed by atoms with Gasteiger partial charge in [0, 0.05) is 19.3 Å². The molecule has 0 spiro atoms. The fourth-order valence-electron chi connectivity index (χ4n) is 2.70. The minimum atomic E-state index is -0.624. The Balaban J connectivity index is 1.81. The van der Waals surface area contributed by atoms with Crippen LogP contribution in [-0.2, 0) is 11.3 Å². The quantitative estimate of drug-likeness (QED) is 0.604. The lowest BCUT2D eigenvalue weighted by molar-refractivity contribution is -0.128. The van der Waals surface area contributed by atoms with Gasteiger partial charge >= 0.3 is 0 Å². The normalized spacial score (nSPS) is 17.6. The summed E-state index contributed by atoms with van der Waals surface area (Å²) in [6.07, 6.45) is 9.00. The highest BCUT2D eigenvalue weighted by Gasteiger charge is 2.41. The van der Waals surface area contributed by atoms with E-state index < -0.39 is 5.41 Å². The maximum atomic E-state index is 12.4. The zero-order valence-corrected chi connectivity index (χ0v) is 12.4. The van der Waals surface area contributed by atoms with Crippen molar-refractivity contribution in [1.29, 1.82) is 0 Å². The van der Waals surface area contributed by atoms with Gasteiger partial charge in [-0.3, -0.25) is 9.48 Å². The predicted octanol–water partition coefficient (Wildman–Crippen LogP) is 1.02. The van der Waals surface area contributed by atoms with Gasteiger partial charge in [-0.2, -0.15) is 0 Å². The highest BCUT2D eigenvalue weighted by Crippen LogP contribution is 2.36. The number of hydrogen-bond donors (Lipinski definition) is 2. The number of nitrogens with one attached hydrogen (secondary N) is 1. The molecule has 1 aliphatic carbocycles. The molecule has 1 aromatic rings. The van der Waals surface area contributed by atoms with E-state index >= 15 is 0 Å². The van der Waals surface area contributed by atoms with Crippen molar-refractivity contribution in [2.24, 2.45) is 11.1 Å². The number of nitrogens with two attached hydrogens (primary N) is 1. The predicted molar refractivity (Wildman–Crippen MR) is 80.0 cm³/mol. The number of aryl methyl sites for hydroxylation is 1. The highest BCUT2D eigenvalue weighted by atomic mass is 32.1. The SMILES string of the molecule is NC(=S)C1(C(=O)NCCCn2ccnn2)CCCCC1. The molecule has 0 atom stereocenters. The van der Waals surface area contributed by atoms with Crippen LogP contribution >= 0.6 is 12.2 Å². The lowest BCUT2D eigenvalue weighted by Crippen LogP contribution is -2.50. The number of rotatable bonds is 6. The molecule has 0 bridgehead atoms. The van der Waals surface area contributed by atoms with Gasteiger partial charge in [0.05, 0.1) is 16.6 Å². The maximum Gasteiger partial charge on any atom is 0.233 e. The third-order valence-corrected chi connectivity index (χ3v) is 4.33. The third-order valence-electron chi connectivity index (χ3n) is 3.93. The molecule has 20 heavy (non-hydrogen) atoms. The maximum absolute atomic E-state index is 12.4. The van der Waals surface area contributed by atoms with Crippen LogP contribution in [0.1, 0.15) is 38.5 Å². The molecule has 1 fully saturated rings. The van der Waals surface area contributed by atoms with Crippen LogP contribution in [0.25, 0.3) is 0 Å². The molecule has 2 rings (SSSR count). The van der Waals surface area contributed by atoms with Crippen LogP contribution in [0, 0.1) is 5.41 Å². The average molecular weight is 295 g/mol. The summed E-state index contributed by atoms with van der Waals surface area (Å²) in [7, 11) is 0. The van der Waals surface area contributed by atoms with Crippen molar-refractivity contribution >= 4 is 23.1 Å². The van der Waals surface area contributed by atoms with Crippen LogP contribution in [0.2, 0.25) is 0 Å². The zero-order chi connectivity index (χ0) is 14.4. The van der Waals surface area contributed by atoms with E-state index in [1.807, 2.05) is 0 Å². The van der Waals surface area contributed by atoms with Crippen molar-refractivity contribution in [2.45, 2.75) is 45.1 Å². The molecule has 7 heteroatoms. The molecule has 110 valence electrons. The summed E-state index contributed by atoms with van der Waals surface area (Å²) in [5.74, 6) is -0.0108. The summed E-state index contributed by atoms with van der Waals surface area (Å²) in [4.78, 5) is 12.7. The molecule has 1 amide bonds. The molecule has 0 aliphatic heterocycles. The highest BCUT2D eigenvalue weighted by molar-refractivity contribution is 7.80. The van der Waals surface area contributed by atoms with Gasteiger partial charge in [0.1, 0.15) is 0 Å². The Labute approximate surface area is 124 Å². The Morgan fingerprint density at radius 1 is 1.40 bits per heavy atom. The fraction of sp³-hybridized carbons (Fsp3) is 0.692. The van der Waals surface area contributed by atoms with E-state index in [0.717, 1.165) is 45.1 Å². The van der Waals surface area contributed by atoms with Crippen molar-refractivity contribution in [3.8, 4) is 0 Å². The van der Waals surface area contributed by atoms with Crippen LogP contribution in [0.4, 0.5) is 0 Å². The Morgan fingerprint density at radius 2 is 2.15 bits per heavy atom. The van der Waals surface area contributed by atoms with Gasteiger partial charge in [-0.25, -0.2) is 0 Å². The zero-order valence-electron chi connectivity index (χ0n) is 11.5. The lowest BCUT2D eigenvalue weighted by atomic mass is 9.73. The van der Waals surface area contributed by atoms with Crippen LogP contribution in [0.5, 0.6) is 0 Å². The Bertz CT molecular complexity index is 453. The van der Waals surface area contributed by atoms with Crippen molar-refractivity contribution in [2.75, 3.05) is 6.54 Å². The third kappa shape index (κ3) is 3.33. The van der Waals surface area contributed by atoms with E-state index in [4.69, 9.17) is 18.0 Å². The number of aromatic nitrogens is 3. The minimum Gasteiger partial charge on any atom is -0.392 e. The van der Waals surface area contributed by atoms with Gasteiger partial charge in [0.25, 0.3) is 0 Å². The molecular weight excluding hydrogens is 274 g/mol. The molecule has 1 saturated carbocycles. The first kappa shape index (κ1) is 14.9. The van der Waals surface area contributed by atoms with Gasteiger partial charge < -0.3 is 11.1 Å². The van der Waals surface area contributed by atoms with E-state index in [2.05, 4.69) is 15.6 Å². The van der Waals surface area contributed by atoms with Gasteiger partial charge in [-0.05, 0) is 19.3 Å². The summed E-state index contributed by atoms with van der Waals surface area (Å²) in [5, 5.41) is 10.6. The van der Waals surface area contributed by atoms with E-state index in [0.29, 0.717) is 11.5 Å². The van der Waals surface area contributed by atoms with Crippen LogP contribution in [-0.4, -0.2) is 32.4 Å². The Morgan fingerprint density at radius 3 is 2.75 bits per heavy atom. The van der Waals surface area contributed by atoms with Crippen molar-refractivity contribution in [1.82, 2.24) is 20.3 Å². The van der Waals surface area contributed by atoms with E-state index in [1.165, 1.54) is 0 Å². The number of carbonyl (C=O) groups excluding carboxylic acids is 1. The molecule has 1 heterocycles. The summed E-state index contributed by atoms with van der Waals surface area (Å²) in [5.41, 5.74) is 5.21. The second kappa shape index (κ2) is 6.78. The summed E-state index contributed by atoms with van der Waals surface area (Å²) < 4.78 is 1.75. The van der Waals surface area contributed by atoms with Gasteiger partial charge in [-0.1, -0.05) is 36.7 Å². The largest absolute Gasteiger partial charge is 0.392 e. The van der Waals surface area contributed by atoms with Crippen molar-refractivity contribution in [3.05, 3.63) is 12.4 Å². The van der Waals surface area contributed by atoms with Crippen LogP contribution < -0.4 is 11.1 Å². The second-order valence-corrected chi connectivity index (χ2v) is 5.72. The molecule has 3 N–H and O–H groups in total. The molecule has 0 saturated heterocycles. The topological polar surface area (TPSA) is 85.8 Å². The van der Waals surface area contributed by atoms with Crippen molar-refractivity contribution < 1.29 is 4.79 Å². The summed E-state index contributed by atoms with van der Waals surface area (Å²) >= 11 is 5.14. The summed E-state index contributed by atoms with van der Waals surface area (Å²) in [6, 6.07) is 0. The standard InChI is InChI=1S/C13H21N5OS/c14-11(20)13(5-2-1-3-6-13)12(19)15-7-4-9-18-10-8-16-17-18/h8,10H,1-7,9H2,(H2,14,20)(H,15,19). The number of thiocarbonyl (C=S) groups is 1. The molecular formula is C13H21N5OS. The van der Waals surface area contributed by atoms with Crippen LogP contribution in [0.3, 0.4) is 0 Å². The van der Waals surface area contributed by atoms with E-state index in [-0.39, 0.29) is 5.91 Å². The minimum absolute atomic E-state index is 0.0108. The monoisotopic (exact) mass is 295 g/mol. The molecule has 0 radical (unpaired) electrons. The number of nitrogens with zero attached hydrogens (tertiary/aromatic N) is 3. The molecule has 6 nitrogen and oxygen atoms in total. The number of hydrogen-bond acceptors (Lipinski definition) is 4. The first-order valence-electron chi connectivity index (χ1n) is 7.07. The first-order valence-corrected chi connectivity index (χ1v) is 7.48. The average Bonchev–Trinajstić information content (AvgIpc) is 2.97. The molecule has 1 aromatic heterocycles. The fourth-order valence-corrected chi connectivity index (χ4v) is 3.00. The van der Waals surface area contributed by atoms with Gasteiger partial charge in [0.2, 0.25) is 5.91 Å². The molecule has 1 aliphatic rings. The smallest absolute Gasteiger partial charge is 0.233 e. The number of amides is 1. The van der Waals surface area contributed by atoms with Gasteiger partial charge in [0.15, 0.2) is 0 Å². The molecule has 0 unspecified atom stereocenters. The number of carbonyl (C=O) groups is 1. The van der Waals surface area contributed by atoms with Crippen LogP contribution in [0.15, 0.2) is 12.4 Å². The van der Waals surface area contributed by atoms with E-state index in [9.17, 15) is 4.79 Å². The second-order valence-electron chi connectivity index (χ2n) is 5.28. The van der Waals surface area contributed by atoms with Crippen molar-refractivity contribution in [3.63, 3.8) is 0 Å². The summed E-state index contributed by atoms with van der Waals surface area (Å²) in [6.45, 7) is 1.34. The van der Waals surface area contributed by atoms with E-state index in [1.54, 1.807) is 17.1 Å².